The number of benzene rings is 3. The number of likely N-dealkylation sites (N-methyl/N-ethyl adjacent to an activating group) is 1. The summed E-state index contributed by atoms with van der Waals surface area (Å²) in [5.41, 5.74) is 8.72. The molecule has 0 saturated carbocycles. The quantitative estimate of drug-likeness (QED) is 0.0365. The minimum absolute atomic E-state index is 0.0434. The summed E-state index contributed by atoms with van der Waals surface area (Å²) in [5, 5.41) is 25.3. The van der Waals surface area contributed by atoms with Gasteiger partial charge in [0.2, 0.25) is 11.6 Å². The zero-order valence-corrected chi connectivity index (χ0v) is 32.9. The van der Waals surface area contributed by atoms with Gasteiger partial charge in [-0.3, -0.25) is 4.79 Å². The van der Waals surface area contributed by atoms with Crippen molar-refractivity contribution in [3.05, 3.63) is 119 Å². The first-order valence-corrected chi connectivity index (χ1v) is 19.6. The number of phenols is 2. The largest absolute Gasteiger partial charge is 0.504 e. The second-order valence-corrected chi connectivity index (χ2v) is 15.5. The number of carbonyl (C=O) groups excluding carboxylic acids is 1. The highest BCUT2D eigenvalue weighted by atomic mass is 32.1. The first kappa shape index (κ1) is 39.5. The number of fused-ring (bicyclic) bond motifs is 2. The van der Waals surface area contributed by atoms with Gasteiger partial charge in [0, 0.05) is 67.0 Å². The van der Waals surface area contributed by atoms with Crippen molar-refractivity contribution in [2.75, 3.05) is 31.1 Å². The number of para-hydroxylation sites is 2. The molecule has 0 spiro atoms. The Morgan fingerprint density at radius 3 is 2.32 bits per heavy atom. The first-order valence-electron chi connectivity index (χ1n) is 19.2. The van der Waals surface area contributed by atoms with Crippen LogP contribution >= 0.6 is 12.2 Å². The number of aromatic hydroxyl groups is 2. The van der Waals surface area contributed by atoms with Gasteiger partial charge in [0.25, 0.3) is 0 Å². The molecule has 2 aliphatic heterocycles. The molecule has 0 saturated heterocycles. The Bertz CT molecular complexity index is 1900. The third-order valence-corrected chi connectivity index (χ3v) is 11.0. The van der Waals surface area contributed by atoms with E-state index in [1.54, 1.807) is 12.1 Å². The predicted molar refractivity (Wildman–Crippen MR) is 223 cm³/mol. The predicted octanol–water partition coefficient (Wildman–Crippen LogP) is 8.90. The zero-order chi connectivity index (χ0) is 38.0. The lowest BCUT2D eigenvalue weighted by Crippen LogP contribution is -2.33. The fourth-order valence-corrected chi connectivity index (χ4v) is 7.96. The van der Waals surface area contributed by atoms with E-state index in [4.69, 9.17) is 12.2 Å². The van der Waals surface area contributed by atoms with Crippen molar-refractivity contribution in [3.63, 3.8) is 0 Å². The summed E-state index contributed by atoms with van der Waals surface area (Å²) in [5.74, 6) is -0.145. The summed E-state index contributed by atoms with van der Waals surface area (Å²) in [4.78, 5) is 15.7. The van der Waals surface area contributed by atoms with Gasteiger partial charge in [-0.2, -0.15) is 4.58 Å². The monoisotopic (exact) mass is 733 g/mol. The molecule has 5 rings (SSSR count). The van der Waals surface area contributed by atoms with Gasteiger partial charge in [-0.05, 0) is 88.3 Å². The molecule has 53 heavy (non-hydrogen) atoms. The van der Waals surface area contributed by atoms with Crippen molar-refractivity contribution in [1.82, 2.24) is 10.6 Å². The van der Waals surface area contributed by atoms with E-state index in [9.17, 15) is 15.0 Å². The SMILES string of the molecule is CCN1/C(=C/C=C/C=C/C2=[N+](CCCCCC(=O)NCCNC(=S)CCCc3ccc(O)c(O)c3)c3ccccc3C2(C)C)C(C)(C)c2ccccc21. The van der Waals surface area contributed by atoms with E-state index in [1.165, 1.54) is 40.0 Å². The van der Waals surface area contributed by atoms with E-state index in [0.717, 1.165) is 62.2 Å². The molecule has 0 unspecified atom stereocenters. The highest BCUT2D eigenvalue weighted by Crippen LogP contribution is 2.47. The molecule has 7 nitrogen and oxygen atoms in total. The van der Waals surface area contributed by atoms with Crippen molar-refractivity contribution in [2.24, 2.45) is 0 Å². The average Bonchev–Trinajstić information content (AvgIpc) is 3.49. The summed E-state index contributed by atoms with van der Waals surface area (Å²) in [6, 6.07) is 22.3. The van der Waals surface area contributed by atoms with Gasteiger partial charge >= 0.3 is 0 Å². The van der Waals surface area contributed by atoms with Crippen LogP contribution in [-0.4, -0.2) is 57.6 Å². The number of amides is 1. The Morgan fingerprint density at radius 1 is 0.811 bits per heavy atom. The summed E-state index contributed by atoms with van der Waals surface area (Å²) in [7, 11) is 0. The van der Waals surface area contributed by atoms with Crippen molar-refractivity contribution < 1.29 is 19.6 Å². The van der Waals surface area contributed by atoms with E-state index < -0.39 is 0 Å². The van der Waals surface area contributed by atoms with E-state index in [-0.39, 0.29) is 28.2 Å². The molecule has 0 fully saturated rings. The lowest BCUT2D eigenvalue weighted by atomic mass is 9.81. The maximum absolute atomic E-state index is 12.5. The fourth-order valence-electron chi connectivity index (χ4n) is 7.71. The number of aryl methyl sites for hydroxylation is 1. The van der Waals surface area contributed by atoms with Crippen molar-refractivity contribution in [3.8, 4) is 11.5 Å². The molecule has 0 aliphatic carbocycles. The van der Waals surface area contributed by atoms with Crippen LogP contribution < -0.4 is 15.5 Å². The number of allylic oxidation sites excluding steroid dienone is 6. The number of hydrogen-bond donors (Lipinski definition) is 4. The van der Waals surface area contributed by atoms with E-state index in [0.29, 0.717) is 19.5 Å². The van der Waals surface area contributed by atoms with Gasteiger partial charge in [0.15, 0.2) is 17.2 Å². The molecule has 0 atom stereocenters. The molecule has 3 aromatic carbocycles. The minimum atomic E-state index is -0.112. The Morgan fingerprint density at radius 2 is 1.55 bits per heavy atom. The number of nitrogens with zero attached hydrogens (tertiary/aromatic N) is 2. The van der Waals surface area contributed by atoms with Crippen molar-refractivity contribution >= 4 is 40.2 Å². The highest BCUT2D eigenvalue weighted by Gasteiger charge is 2.43. The van der Waals surface area contributed by atoms with Crippen LogP contribution in [0.2, 0.25) is 0 Å². The zero-order valence-electron chi connectivity index (χ0n) is 32.1. The number of hydrogen-bond acceptors (Lipinski definition) is 5. The molecular weight excluding hydrogens is 677 g/mol. The molecule has 2 heterocycles. The Kier molecular flexibility index (Phi) is 13.3. The van der Waals surface area contributed by atoms with E-state index >= 15 is 0 Å². The number of anilines is 1. The molecule has 0 aromatic heterocycles. The van der Waals surface area contributed by atoms with Crippen LogP contribution in [0.3, 0.4) is 0 Å². The van der Waals surface area contributed by atoms with Gasteiger partial charge < -0.3 is 25.7 Å². The standard InChI is InChI=1S/C45H56N4O3S/c1-6-48-36-21-14-12-19-34(36)44(2,3)40(48)23-9-7-10-24-41-45(4,5)35-20-13-15-22-37(35)49(41)31-16-8-11-25-42(52)46-29-30-47-43(53)26-17-18-33-27-28-38(50)39(51)32-33/h7,9-10,12-15,19-24,27-28,32H,6,8,11,16-18,25-26,29-31H2,1-5H3,(H3-,46,47,50,51,52,53)/p+1. The number of rotatable bonds is 17. The molecule has 280 valence electrons. The van der Waals surface area contributed by atoms with Crippen LogP contribution in [0.15, 0.2) is 103 Å². The maximum atomic E-state index is 12.5. The van der Waals surface area contributed by atoms with Crippen LogP contribution in [0.5, 0.6) is 11.5 Å². The third-order valence-electron chi connectivity index (χ3n) is 10.6. The molecule has 3 aromatic rings. The number of unbranched alkanes of at least 4 members (excludes halogenated alkanes) is 2. The second kappa shape index (κ2) is 17.9. The second-order valence-electron chi connectivity index (χ2n) is 15.0. The Hall–Kier alpha value is -4.69. The first-order chi connectivity index (χ1) is 25.4. The van der Waals surface area contributed by atoms with Crippen molar-refractivity contribution in [1.29, 1.82) is 0 Å². The summed E-state index contributed by atoms with van der Waals surface area (Å²) >= 11 is 5.44. The van der Waals surface area contributed by atoms with Crippen LogP contribution in [0.4, 0.5) is 11.4 Å². The normalized spacial score (nSPS) is 16.5. The molecule has 4 N–H and O–H groups in total. The van der Waals surface area contributed by atoms with Gasteiger partial charge in [0.1, 0.15) is 6.54 Å². The van der Waals surface area contributed by atoms with Crippen LogP contribution in [0, 0.1) is 0 Å². The molecule has 8 heteroatoms. The number of carbonyl (C=O) groups is 1. The van der Waals surface area contributed by atoms with E-state index in [2.05, 4.69) is 134 Å². The van der Waals surface area contributed by atoms with Crippen LogP contribution in [0.25, 0.3) is 0 Å². The number of phenolic OH excluding ortho intramolecular Hbond substituents is 2. The van der Waals surface area contributed by atoms with Gasteiger partial charge in [-0.1, -0.05) is 86.8 Å². The van der Waals surface area contributed by atoms with Gasteiger partial charge in [-0.15, -0.1) is 0 Å². The fraction of sp³-hybridized carbons (Fsp3) is 0.400. The number of thiocarbonyl (C=S) groups is 1. The molecule has 1 amide bonds. The lowest BCUT2D eigenvalue weighted by molar-refractivity contribution is -0.438. The van der Waals surface area contributed by atoms with Gasteiger partial charge in [0.05, 0.1) is 10.4 Å². The third kappa shape index (κ3) is 9.46. The van der Waals surface area contributed by atoms with Crippen LogP contribution in [-0.2, 0) is 22.0 Å². The van der Waals surface area contributed by atoms with Crippen LogP contribution in [0.1, 0.15) is 89.8 Å². The lowest BCUT2D eigenvalue weighted by Gasteiger charge is -2.25. The summed E-state index contributed by atoms with van der Waals surface area (Å²) < 4.78 is 2.47. The summed E-state index contributed by atoms with van der Waals surface area (Å²) in [6.07, 6.45) is 16.7. The highest BCUT2D eigenvalue weighted by molar-refractivity contribution is 7.80. The molecule has 0 bridgehead atoms. The Labute approximate surface area is 321 Å². The molecular formula is C45H57N4O3S+. The molecule has 2 aliphatic rings. The van der Waals surface area contributed by atoms with Gasteiger partial charge in [-0.25, -0.2) is 0 Å². The number of nitrogens with one attached hydrogen (secondary N) is 2. The smallest absolute Gasteiger partial charge is 0.220 e. The Balaban J connectivity index is 1.07. The average molecular weight is 734 g/mol. The van der Waals surface area contributed by atoms with E-state index in [1.807, 2.05) is 0 Å². The van der Waals surface area contributed by atoms with Crippen molar-refractivity contribution in [2.45, 2.75) is 90.4 Å². The summed E-state index contributed by atoms with van der Waals surface area (Å²) in [6.45, 7) is 14.4. The maximum Gasteiger partial charge on any atom is 0.220 e. The molecule has 0 radical (unpaired) electrons. The minimum Gasteiger partial charge on any atom is -0.504 e. The topological polar surface area (TPSA) is 87.8 Å².